The van der Waals surface area contributed by atoms with Crippen LogP contribution in [0.5, 0.6) is 0 Å². The molecule has 2 rings (SSSR count). The van der Waals surface area contributed by atoms with Crippen LogP contribution in [-0.2, 0) is 0 Å². The van der Waals surface area contributed by atoms with Crippen LogP contribution in [0.2, 0.25) is 5.02 Å². The summed E-state index contributed by atoms with van der Waals surface area (Å²) in [6, 6.07) is 15.9. The molecular formula is C17H20ClN3S2. The summed E-state index contributed by atoms with van der Waals surface area (Å²) in [4.78, 5) is 4.36. The highest BCUT2D eigenvalue weighted by Crippen LogP contribution is 2.33. The van der Waals surface area contributed by atoms with Gasteiger partial charge in [-0.15, -0.1) is 0 Å². The van der Waals surface area contributed by atoms with E-state index < -0.39 is 0 Å². The van der Waals surface area contributed by atoms with Gasteiger partial charge < -0.3 is 15.5 Å². The average molecular weight is 366 g/mol. The van der Waals surface area contributed by atoms with Crippen LogP contribution in [-0.4, -0.2) is 37.2 Å². The van der Waals surface area contributed by atoms with Crippen molar-refractivity contribution < 1.29 is 0 Å². The molecule has 0 spiro atoms. The van der Waals surface area contributed by atoms with E-state index >= 15 is 0 Å². The Hall–Kier alpha value is -1.27. The quantitative estimate of drug-likeness (QED) is 0.743. The first-order chi connectivity index (χ1) is 11.0. The summed E-state index contributed by atoms with van der Waals surface area (Å²) < 4.78 is 0. The van der Waals surface area contributed by atoms with E-state index in [4.69, 9.17) is 23.8 Å². The third-order valence-corrected chi connectivity index (χ3v) is 4.60. The van der Waals surface area contributed by atoms with Crippen molar-refractivity contribution >= 4 is 46.4 Å². The molecule has 122 valence electrons. The van der Waals surface area contributed by atoms with Crippen LogP contribution in [0, 0.1) is 0 Å². The maximum absolute atomic E-state index is 5.94. The second-order valence-corrected chi connectivity index (χ2v) is 7.20. The van der Waals surface area contributed by atoms with Crippen LogP contribution in [0.25, 0.3) is 0 Å². The Kier molecular flexibility index (Phi) is 7.17. The number of benzene rings is 2. The lowest BCUT2D eigenvalue weighted by atomic mass is 10.3. The smallest absolute Gasteiger partial charge is 0.170 e. The number of thiocarbonyl (C=S) groups is 1. The van der Waals surface area contributed by atoms with E-state index in [-0.39, 0.29) is 0 Å². The fourth-order valence-corrected chi connectivity index (χ4v) is 3.09. The van der Waals surface area contributed by atoms with Crippen LogP contribution < -0.4 is 10.6 Å². The van der Waals surface area contributed by atoms with Crippen molar-refractivity contribution in [1.29, 1.82) is 0 Å². The molecule has 2 N–H and O–H groups in total. The van der Waals surface area contributed by atoms with Gasteiger partial charge in [-0.05, 0) is 62.7 Å². The molecule has 0 fully saturated rings. The molecule has 0 amide bonds. The van der Waals surface area contributed by atoms with E-state index in [1.54, 1.807) is 11.8 Å². The Balaban J connectivity index is 1.99. The number of rotatable bonds is 6. The molecule has 0 atom stereocenters. The minimum atomic E-state index is 0.635. The molecule has 0 radical (unpaired) electrons. The Bertz CT molecular complexity index is 645. The first kappa shape index (κ1) is 18.1. The van der Waals surface area contributed by atoms with E-state index in [0.717, 1.165) is 33.6 Å². The molecule has 0 unspecified atom stereocenters. The molecule has 2 aromatic carbocycles. The van der Waals surface area contributed by atoms with E-state index in [0.29, 0.717) is 5.11 Å². The molecule has 0 saturated heterocycles. The SMILES string of the molecule is CN(C)CCNC(=S)Nc1ccccc1Sc1ccc(Cl)cc1. The first-order valence-electron chi connectivity index (χ1n) is 7.26. The van der Waals surface area contributed by atoms with Gasteiger partial charge in [-0.2, -0.15) is 0 Å². The standard InChI is InChI=1S/C17H20ClN3S2/c1-21(2)12-11-19-17(22)20-15-5-3-4-6-16(15)23-14-9-7-13(18)8-10-14/h3-10H,11-12H2,1-2H3,(H2,19,20,22). The van der Waals surface area contributed by atoms with Crippen LogP contribution >= 0.6 is 35.6 Å². The Morgan fingerprint density at radius 3 is 2.52 bits per heavy atom. The Morgan fingerprint density at radius 1 is 1.13 bits per heavy atom. The molecule has 23 heavy (non-hydrogen) atoms. The third-order valence-electron chi connectivity index (χ3n) is 3.02. The van der Waals surface area contributed by atoms with Crippen molar-refractivity contribution in [2.24, 2.45) is 0 Å². The van der Waals surface area contributed by atoms with Crippen molar-refractivity contribution in [3.05, 3.63) is 53.6 Å². The molecule has 2 aromatic rings. The molecule has 0 saturated carbocycles. The van der Waals surface area contributed by atoms with Gasteiger partial charge in [-0.3, -0.25) is 0 Å². The van der Waals surface area contributed by atoms with Gasteiger partial charge in [0.2, 0.25) is 0 Å². The van der Waals surface area contributed by atoms with Gasteiger partial charge in [0.25, 0.3) is 0 Å². The number of anilines is 1. The highest BCUT2D eigenvalue weighted by atomic mass is 35.5. The minimum absolute atomic E-state index is 0.635. The molecule has 0 aliphatic carbocycles. The number of nitrogens with one attached hydrogen (secondary N) is 2. The van der Waals surface area contributed by atoms with Gasteiger partial charge in [0.1, 0.15) is 0 Å². The van der Waals surface area contributed by atoms with Gasteiger partial charge >= 0.3 is 0 Å². The Morgan fingerprint density at radius 2 is 1.83 bits per heavy atom. The fraction of sp³-hybridized carbons (Fsp3) is 0.235. The molecule has 6 heteroatoms. The highest BCUT2D eigenvalue weighted by molar-refractivity contribution is 7.99. The van der Waals surface area contributed by atoms with E-state index in [1.165, 1.54) is 0 Å². The van der Waals surface area contributed by atoms with Crippen molar-refractivity contribution in [2.75, 3.05) is 32.5 Å². The van der Waals surface area contributed by atoms with E-state index in [2.05, 4.69) is 21.6 Å². The highest BCUT2D eigenvalue weighted by Gasteiger charge is 2.06. The summed E-state index contributed by atoms with van der Waals surface area (Å²) in [5.41, 5.74) is 0.995. The zero-order valence-electron chi connectivity index (χ0n) is 13.2. The Labute approximate surface area is 152 Å². The second-order valence-electron chi connectivity index (χ2n) is 5.24. The van der Waals surface area contributed by atoms with Gasteiger partial charge in [0, 0.05) is 27.9 Å². The minimum Gasteiger partial charge on any atom is -0.361 e. The maximum Gasteiger partial charge on any atom is 0.170 e. The lowest BCUT2D eigenvalue weighted by Gasteiger charge is -2.15. The second kappa shape index (κ2) is 9.13. The van der Waals surface area contributed by atoms with Crippen LogP contribution in [0.15, 0.2) is 58.3 Å². The summed E-state index contributed by atoms with van der Waals surface area (Å²) >= 11 is 13.0. The molecule has 0 aliphatic heterocycles. The summed E-state index contributed by atoms with van der Waals surface area (Å²) in [6.07, 6.45) is 0. The summed E-state index contributed by atoms with van der Waals surface area (Å²) in [7, 11) is 4.08. The van der Waals surface area contributed by atoms with Crippen molar-refractivity contribution in [3.63, 3.8) is 0 Å². The number of hydrogen-bond donors (Lipinski definition) is 2. The lowest BCUT2D eigenvalue weighted by Crippen LogP contribution is -2.34. The monoisotopic (exact) mass is 365 g/mol. The largest absolute Gasteiger partial charge is 0.361 e. The number of likely N-dealkylation sites (N-methyl/N-ethyl adjacent to an activating group) is 1. The zero-order chi connectivity index (χ0) is 16.7. The van der Waals surface area contributed by atoms with Crippen LogP contribution in [0.4, 0.5) is 5.69 Å². The number of nitrogens with zero attached hydrogens (tertiary/aromatic N) is 1. The molecule has 0 bridgehead atoms. The topological polar surface area (TPSA) is 27.3 Å². The van der Waals surface area contributed by atoms with Gasteiger partial charge in [0.15, 0.2) is 5.11 Å². The number of hydrogen-bond acceptors (Lipinski definition) is 3. The molecule has 0 aromatic heterocycles. The van der Waals surface area contributed by atoms with Crippen LogP contribution in [0.3, 0.4) is 0 Å². The molecule has 0 aliphatic rings. The molecular weight excluding hydrogens is 346 g/mol. The predicted octanol–water partition coefficient (Wildman–Crippen LogP) is 4.34. The van der Waals surface area contributed by atoms with Gasteiger partial charge in [-0.25, -0.2) is 0 Å². The van der Waals surface area contributed by atoms with Crippen molar-refractivity contribution in [3.8, 4) is 0 Å². The lowest BCUT2D eigenvalue weighted by molar-refractivity contribution is 0.413. The third kappa shape index (κ3) is 6.39. The summed E-state index contributed by atoms with van der Waals surface area (Å²) in [5, 5.41) is 7.86. The average Bonchev–Trinajstić information content (AvgIpc) is 2.51. The normalized spacial score (nSPS) is 10.6. The number of para-hydroxylation sites is 1. The maximum atomic E-state index is 5.94. The zero-order valence-corrected chi connectivity index (χ0v) is 15.6. The summed E-state index contributed by atoms with van der Waals surface area (Å²) in [5.74, 6) is 0. The first-order valence-corrected chi connectivity index (χ1v) is 8.87. The van der Waals surface area contributed by atoms with Crippen molar-refractivity contribution in [2.45, 2.75) is 9.79 Å². The van der Waals surface area contributed by atoms with Crippen molar-refractivity contribution in [1.82, 2.24) is 10.2 Å². The fourth-order valence-electron chi connectivity index (χ4n) is 1.85. The van der Waals surface area contributed by atoms with Crippen LogP contribution in [0.1, 0.15) is 0 Å². The van der Waals surface area contributed by atoms with E-state index in [9.17, 15) is 0 Å². The predicted molar refractivity (Wildman–Crippen MR) is 105 cm³/mol. The number of halogens is 1. The van der Waals surface area contributed by atoms with E-state index in [1.807, 2.05) is 56.6 Å². The summed E-state index contributed by atoms with van der Waals surface area (Å²) in [6.45, 7) is 1.74. The van der Waals surface area contributed by atoms with Gasteiger partial charge in [0.05, 0.1) is 5.69 Å². The van der Waals surface area contributed by atoms with Gasteiger partial charge in [-0.1, -0.05) is 35.5 Å². The molecule has 0 heterocycles. The molecule has 3 nitrogen and oxygen atoms in total.